The van der Waals surface area contributed by atoms with E-state index in [9.17, 15) is 4.39 Å². The van der Waals surface area contributed by atoms with Crippen molar-refractivity contribution in [2.45, 2.75) is 5.38 Å². The summed E-state index contributed by atoms with van der Waals surface area (Å²) in [5.74, 6) is 0.387. The molecule has 0 aliphatic carbocycles. The maximum absolute atomic E-state index is 14.1. The van der Waals surface area contributed by atoms with Gasteiger partial charge in [-0.2, -0.15) is 0 Å². The second-order valence-electron chi connectivity index (χ2n) is 3.78. The van der Waals surface area contributed by atoms with Crippen LogP contribution in [0, 0.1) is 5.82 Å². The van der Waals surface area contributed by atoms with E-state index >= 15 is 0 Å². The second-order valence-corrected chi connectivity index (χ2v) is 6.50. The zero-order valence-electron chi connectivity index (χ0n) is 10.2. The number of methoxy groups -OCH3 is 2. The Kier molecular flexibility index (Phi) is 4.71. The summed E-state index contributed by atoms with van der Waals surface area (Å²) in [5, 5.41) is 1.32. The van der Waals surface area contributed by atoms with E-state index in [1.165, 1.54) is 31.6 Å². The Morgan fingerprint density at radius 3 is 2.37 bits per heavy atom. The molecule has 2 rings (SSSR count). The predicted octanol–water partition coefficient (Wildman–Crippen LogP) is 5.00. The zero-order valence-corrected chi connectivity index (χ0v) is 13.4. The highest BCUT2D eigenvalue weighted by Crippen LogP contribution is 2.39. The van der Waals surface area contributed by atoms with Crippen molar-refractivity contribution < 1.29 is 13.9 Å². The standard InChI is InChI=1S/C13H11BrClFO2S/c1-17-10-4-8(9(16)5-11(10)18-2)13(15)7-3-12(14)19-6-7/h3-6,13H,1-2H3. The van der Waals surface area contributed by atoms with E-state index < -0.39 is 11.2 Å². The first kappa shape index (κ1) is 14.6. The SMILES string of the molecule is COc1cc(F)c(C(Cl)c2csc(Br)c2)cc1OC. The van der Waals surface area contributed by atoms with E-state index in [1.54, 1.807) is 6.07 Å². The van der Waals surface area contributed by atoms with Crippen LogP contribution in [0.3, 0.4) is 0 Å². The summed E-state index contributed by atoms with van der Waals surface area (Å²) in [5.41, 5.74) is 1.20. The van der Waals surface area contributed by atoms with Crippen LogP contribution in [0.5, 0.6) is 11.5 Å². The molecule has 0 bridgehead atoms. The fraction of sp³-hybridized carbons (Fsp3) is 0.231. The molecule has 0 N–H and O–H groups in total. The first-order chi connectivity index (χ1) is 9.06. The lowest BCUT2D eigenvalue weighted by atomic mass is 10.1. The largest absolute Gasteiger partial charge is 0.493 e. The van der Waals surface area contributed by atoms with Gasteiger partial charge < -0.3 is 9.47 Å². The summed E-state index contributed by atoms with van der Waals surface area (Å²) in [6, 6.07) is 4.72. The van der Waals surface area contributed by atoms with Gasteiger partial charge >= 0.3 is 0 Å². The Labute approximate surface area is 128 Å². The molecule has 0 fully saturated rings. The number of thiophene rings is 1. The molecular weight excluding hydrogens is 355 g/mol. The average molecular weight is 366 g/mol. The van der Waals surface area contributed by atoms with Crippen LogP contribution in [0.25, 0.3) is 0 Å². The molecule has 6 heteroatoms. The van der Waals surface area contributed by atoms with E-state index in [0.717, 1.165) is 9.35 Å². The van der Waals surface area contributed by atoms with E-state index in [4.69, 9.17) is 21.1 Å². The molecule has 0 aliphatic rings. The Balaban J connectivity index is 2.44. The summed E-state index contributed by atoms with van der Waals surface area (Å²) >= 11 is 11.2. The van der Waals surface area contributed by atoms with Crippen molar-refractivity contribution in [3.8, 4) is 11.5 Å². The minimum absolute atomic E-state index is 0.346. The molecule has 1 aromatic heterocycles. The van der Waals surface area contributed by atoms with Gasteiger partial charge in [-0.1, -0.05) is 0 Å². The molecule has 2 nitrogen and oxygen atoms in total. The van der Waals surface area contributed by atoms with Gasteiger partial charge in [0.05, 0.1) is 23.4 Å². The quantitative estimate of drug-likeness (QED) is 0.710. The van der Waals surface area contributed by atoms with Crippen molar-refractivity contribution in [1.82, 2.24) is 0 Å². The van der Waals surface area contributed by atoms with Crippen LogP contribution in [-0.2, 0) is 0 Å². The molecule has 0 amide bonds. The van der Waals surface area contributed by atoms with Crippen molar-refractivity contribution >= 4 is 38.9 Å². The van der Waals surface area contributed by atoms with E-state index in [-0.39, 0.29) is 0 Å². The van der Waals surface area contributed by atoms with Gasteiger partial charge in [-0.3, -0.25) is 0 Å². The van der Waals surface area contributed by atoms with Crippen LogP contribution in [0.2, 0.25) is 0 Å². The molecule has 102 valence electrons. The fourth-order valence-electron chi connectivity index (χ4n) is 1.70. The molecule has 2 aromatic rings. The van der Waals surface area contributed by atoms with Gasteiger partial charge in [-0.05, 0) is 39.0 Å². The summed E-state index contributed by atoms with van der Waals surface area (Å²) in [4.78, 5) is 0. The first-order valence-corrected chi connectivity index (χ1v) is 7.47. The van der Waals surface area contributed by atoms with Crippen LogP contribution in [0.15, 0.2) is 27.4 Å². The van der Waals surface area contributed by atoms with Crippen LogP contribution < -0.4 is 9.47 Å². The van der Waals surface area contributed by atoms with Gasteiger partial charge in [0.15, 0.2) is 11.5 Å². The van der Waals surface area contributed by atoms with Crippen LogP contribution in [0.1, 0.15) is 16.5 Å². The van der Waals surface area contributed by atoms with Crippen molar-refractivity contribution in [2.24, 2.45) is 0 Å². The number of hydrogen-bond donors (Lipinski definition) is 0. The van der Waals surface area contributed by atoms with E-state index in [2.05, 4.69) is 15.9 Å². The predicted molar refractivity (Wildman–Crippen MR) is 79.2 cm³/mol. The molecule has 0 saturated heterocycles. The zero-order chi connectivity index (χ0) is 14.0. The van der Waals surface area contributed by atoms with E-state index in [0.29, 0.717) is 17.1 Å². The molecule has 19 heavy (non-hydrogen) atoms. The van der Waals surface area contributed by atoms with Crippen molar-refractivity contribution in [1.29, 1.82) is 0 Å². The number of halogens is 3. The Bertz CT molecular complexity index is 588. The van der Waals surface area contributed by atoms with Crippen molar-refractivity contribution in [3.63, 3.8) is 0 Å². The van der Waals surface area contributed by atoms with Gasteiger partial charge in [0, 0.05) is 11.6 Å². The van der Waals surface area contributed by atoms with Crippen LogP contribution in [0.4, 0.5) is 4.39 Å². The fourth-order valence-corrected chi connectivity index (χ4v) is 3.27. The summed E-state index contributed by atoms with van der Waals surface area (Å²) in [7, 11) is 2.97. The van der Waals surface area contributed by atoms with Gasteiger partial charge in [0.25, 0.3) is 0 Å². The minimum atomic E-state index is -0.567. The maximum Gasteiger partial charge on any atom is 0.163 e. The van der Waals surface area contributed by atoms with E-state index in [1.807, 2.05) is 11.4 Å². The third-order valence-electron chi connectivity index (χ3n) is 2.66. The van der Waals surface area contributed by atoms with Gasteiger partial charge in [0.1, 0.15) is 5.82 Å². The molecular formula is C13H11BrClFO2S. The van der Waals surface area contributed by atoms with Gasteiger partial charge in [-0.15, -0.1) is 22.9 Å². The number of ether oxygens (including phenoxy) is 2. The first-order valence-electron chi connectivity index (χ1n) is 5.36. The normalized spacial score (nSPS) is 12.3. The highest BCUT2D eigenvalue weighted by Gasteiger charge is 2.20. The monoisotopic (exact) mass is 364 g/mol. The van der Waals surface area contributed by atoms with Crippen molar-refractivity contribution in [2.75, 3.05) is 14.2 Å². The van der Waals surface area contributed by atoms with Gasteiger partial charge in [0.2, 0.25) is 0 Å². The van der Waals surface area contributed by atoms with Crippen LogP contribution >= 0.6 is 38.9 Å². The summed E-state index contributed by atoms with van der Waals surface area (Å²) in [6.07, 6.45) is 0. The lowest BCUT2D eigenvalue weighted by Crippen LogP contribution is -1.99. The lowest BCUT2D eigenvalue weighted by molar-refractivity contribution is 0.351. The molecule has 1 atom stereocenters. The van der Waals surface area contributed by atoms with Crippen LogP contribution in [-0.4, -0.2) is 14.2 Å². The number of rotatable bonds is 4. The summed E-state index contributed by atoms with van der Waals surface area (Å²) < 4.78 is 25.2. The lowest BCUT2D eigenvalue weighted by Gasteiger charge is -2.14. The smallest absolute Gasteiger partial charge is 0.163 e. The number of benzene rings is 1. The molecule has 1 unspecified atom stereocenters. The molecule has 0 aliphatic heterocycles. The van der Waals surface area contributed by atoms with Crippen molar-refractivity contribution in [3.05, 3.63) is 44.3 Å². The Morgan fingerprint density at radius 2 is 1.84 bits per heavy atom. The molecule has 1 aromatic carbocycles. The molecule has 0 spiro atoms. The highest BCUT2D eigenvalue weighted by atomic mass is 79.9. The molecule has 1 heterocycles. The maximum atomic E-state index is 14.1. The molecule has 0 saturated carbocycles. The third-order valence-corrected chi connectivity index (χ3v) is 4.67. The summed E-state index contributed by atoms with van der Waals surface area (Å²) in [6.45, 7) is 0. The van der Waals surface area contributed by atoms with Gasteiger partial charge in [-0.25, -0.2) is 4.39 Å². The Morgan fingerprint density at radius 1 is 1.21 bits per heavy atom. The second kappa shape index (κ2) is 6.11. The minimum Gasteiger partial charge on any atom is -0.493 e. The third kappa shape index (κ3) is 3.04. The Hall–Kier alpha value is -0.780. The molecule has 0 radical (unpaired) electrons. The highest BCUT2D eigenvalue weighted by molar-refractivity contribution is 9.11. The average Bonchev–Trinajstić information content (AvgIpc) is 2.84. The topological polar surface area (TPSA) is 18.5 Å². The number of hydrogen-bond acceptors (Lipinski definition) is 3. The number of alkyl halides is 1.